The minimum atomic E-state index is -1.01. The largest absolute Gasteiger partial charge is 0.480 e. The predicted octanol–water partition coefficient (Wildman–Crippen LogP) is 0.758. The summed E-state index contributed by atoms with van der Waals surface area (Å²) in [6.07, 6.45) is 4.05. The van der Waals surface area contributed by atoms with E-state index in [-0.39, 0.29) is 12.6 Å². The molecule has 1 rings (SSSR count). The highest BCUT2D eigenvalue weighted by atomic mass is 16.4. The van der Waals surface area contributed by atoms with Crippen LogP contribution in [0.2, 0.25) is 0 Å². The predicted molar refractivity (Wildman–Crippen MR) is 65.0 cm³/mol. The standard InChI is InChI=1S/C11H18N4O3/c1-3-4-15(8-10(16)17)11(18)14(2)7-9-5-12-13-6-9/h5-6H,3-4,7-8H2,1-2H3,(H,12,13)(H,16,17). The first kappa shape index (κ1) is 14.0. The van der Waals surface area contributed by atoms with Crippen molar-refractivity contribution in [1.29, 1.82) is 0 Å². The van der Waals surface area contributed by atoms with E-state index in [0.717, 1.165) is 12.0 Å². The number of H-pyrrole nitrogens is 1. The number of carboxylic acid groups (broad SMARTS) is 1. The summed E-state index contributed by atoms with van der Waals surface area (Å²) < 4.78 is 0. The third-order valence-electron chi connectivity index (χ3n) is 2.39. The van der Waals surface area contributed by atoms with Gasteiger partial charge in [-0.3, -0.25) is 9.89 Å². The maximum Gasteiger partial charge on any atom is 0.323 e. The number of nitrogens with zero attached hydrogens (tertiary/aromatic N) is 3. The molecule has 0 aliphatic carbocycles. The van der Waals surface area contributed by atoms with Crippen molar-refractivity contribution in [2.45, 2.75) is 19.9 Å². The number of carboxylic acids is 1. The van der Waals surface area contributed by atoms with Gasteiger partial charge in [0.2, 0.25) is 0 Å². The van der Waals surface area contributed by atoms with Gasteiger partial charge < -0.3 is 14.9 Å². The molecule has 100 valence electrons. The molecule has 0 unspecified atom stereocenters. The van der Waals surface area contributed by atoms with Crippen molar-refractivity contribution in [3.8, 4) is 0 Å². The van der Waals surface area contributed by atoms with Crippen LogP contribution in [0.15, 0.2) is 12.4 Å². The molecular weight excluding hydrogens is 236 g/mol. The fraction of sp³-hybridized carbons (Fsp3) is 0.545. The molecule has 0 saturated carbocycles. The average Bonchev–Trinajstić information content (AvgIpc) is 2.79. The number of amides is 2. The van der Waals surface area contributed by atoms with Crippen LogP contribution < -0.4 is 0 Å². The molecule has 2 N–H and O–H groups in total. The van der Waals surface area contributed by atoms with Crippen molar-refractivity contribution < 1.29 is 14.7 Å². The molecule has 0 saturated heterocycles. The van der Waals surface area contributed by atoms with Crippen LogP contribution in [0.25, 0.3) is 0 Å². The van der Waals surface area contributed by atoms with Gasteiger partial charge in [0.1, 0.15) is 6.54 Å². The second-order valence-corrected chi connectivity index (χ2v) is 4.06. The lowest BCUT2D eigenvalue weighted by atomic mass is 10.3. The fourth-order valence-corrected chi connectivity index (χ4v) is 1.62. The summed E-state index contributed by atoms with van der Waals surface area (Å²) in [4.78, 5) is 25.6. The first-order valence-corrected chi connectivity index (χ1v) is 5.74. The van der Waals surface area contributed by atoms with Crippen LogP contribution in [0.5, 0.6) is 0 Å². The third kappa shape index (κ3) is 4.08. The summed E-state index contributed by atoms with van der Waals surface area (Å²) in [7, 11) is 1.64. The van der Waals surface area contributed by atoms with E-state index in [0.29, 0.717) is 13.1 Å². The molecule has 0 aromatic carbocycles. The van der Waals surface area contributed by atoms with E-state index in [9.17, 15) is 9.59 Å². The van der Waals surface area contributed by atoms with Gasteiger partial charge in [0.05, 0.1) is 12.7 Å². The van der Waals surface area contributed by atoms with Crippen molar-refractivity contribution in [2.75, 3.05) is 20.1 Å². The molecule has 1 aromatic heterocycles. The van der Waals surface area contributed by atoms with Crippen LogP contribution in [0.4, 0.5) is 4.79 Å². The zero-order valence-corrected chi connectivity index (χ0v) is 10.6. The van der Waals surface area contributed by atoms with Gasteiger partial charge in [0.15, 0.2) is 0 Å². The Morgan fingerprint density at radius 1 is 1.50 bits per heavy atom. The lowest BCUT2D eigenvalue weighted by Crippen LogP contribution is -2.43. The van der Waals surface area contributed by atoms with Crippen LogP contribution in [0.3, 0.4) is 0 Å². The molecule has 0 aliphatic heterocycles. The molecule has 0 aliphatic rings. The Labute approximate surface area is 105 Å². The second-order valence-electron chi connectivity index (χ2n) is 4.06. The number of rotatable bonds is 6. The van der Waals surface area contributed by atoms with Crippen molar-refractivity contribution in [1.82, 2.24) is 20.0 Å². The molecule has 7 heteroatoms. The van der Waals surface area contributed by atoms with E-state index in [4.69, 9.17) is 5.11 Å². The first-order valence-electron chi connectivity index (χ1n) is 5.74. The van der Waals surface area contributed by atoms with Gasteiger partial charge in [0, 0.05) is 25.4 Å². The number of urea groups is 1. The van der Waals surface area contributed by atoms with Gasteiger partial charge in [-0.2, -0.15) is 5.10 Å². The molecule has 2 amide bonds. The molecule has 0 fully saturated rings. The van der Waals surface area contributed by atoms with Crippen LogP contribution in [0.1, 0.15) is 18.9 Å². The number of nitrogens with one attached hydrogen (secondary N) is 1. The van der Waals surface area contributed by atoms with Crippen LogP contribution in [-0.4, -0.2) is 57.2 Å². The van der Waals surface area contributed by atoms with E-state index in [1.165, 1.54) is 9.80 Å². The third-order valence-corrected chi connectivity index (χ3v) is 2.39. The summed E-state index contributed by atoms with van der Waals surface area (Å²) >= 11 is 0. The molecular formula is C11H18N4O3. The Bertz CT molecular complexity index is 391. The summed E-state index contributed by atoms with van der Waals surface area (Å²) in [5.41, 5.74) is 0.873. The quantitative estimate of drug-likeness (QED) is 0.784. The number of carbonyl (C=O) groups is 2. The second kappa shape index (κ2) is 6.63. The summed E-state index contributed by atoms with van der Waals surface area (Å²) in [5.74, 6) is -1.01. The van der Waals surface area contributed by atoms with Crippen molar-refractivity contribution >= 4 is 12.0 Å². The normalized spacial score (nSPS) is 10.1. The minimum Gasteiger partial charge on any atom is -0.480 e. The lowest BCUT2D eigenvalue weighted by Gasteiger charge is -2.26. The van der Waals surface area contributed by atoms with Gasteiger partial charge in [-0.15, -0.1) is 0 Å². The molecule has 0 radical (unpaired) electrons. The Morgan fingerprint density at radius 3 is 2.72 bits per heavy atom. The van der Waals surface area contributed by atoms with Gasteiger partial charge in [-0.05, 0) is 6.42 Å². The SMILES string of the molecule is CCCN(CC(=O)O)C(=O)N(C)Cc1cn[nH]c1. The fourth-order valence-electron chi connectivity index (χ4n) is 1.62. The molecule has 7 nitrogen and oxygen atoms in total. The van der Waals surface area contributed by atoms with Gasteiger partial charge in [-0.25, -0.2) is 4.79 Å². The zero-order chi connectivity index (χ0) is 13.5. The minimum absolute atomic E-state index is 0.275. The number of aromatic nitrogens is 2. The number of carbonyl (C=O) groups excluding carboxylic acids is 1. The van der Waals surface area contributed by atoms with E-state index in [2.05, 4.69) is 10.2 Å². The number of hydrogen-bond acceptors (Lipinski definition) is 3. The van der Waals surface area contributed by atoms with Crippen molar-refractivity contribution in [3.63, 3.8) is 0 Å². The Hall–Kier alpha value is -2.05. The Kier molecular flexibility index (Phi) is 5.16. The number of hydrogen-bond donors (Lipinski definition) is 2. The molecule has 0 atom stereocenters. The number of aliphatic carboxylic acids is 1. The van der Waals surface area contributed by atoms with Gasteiger partial charge in [-0.1, -0.05) is 6.92 Å². The Balaban J connectivity index is 2.60. The van der Waals surface area contributed by atoms with E-state index < -0.39 is 5.97 Å². The van der Waals surface area contributed by atoms with Crippen molar-refractivity contribution in [3.05, 3.63) is 18.0 Å². The summed E-state index contributed by atoms with van der Waals surface area (Å²) in [5, 5.41) is 15.2. The summed E-state index contributed by atoms with van der Waals surface area (Å²) in [6, 6.07) is -0.291. The van der Waals surface area contributed by atoms with Crippen LogP contribution in [0, 0.1) is 0 Å². The molecule has 0 bridgehead atoms. The Morgan fingerprint density at radius 2 is 2.22 bits per heavy atom. The highest BCUT2D eigenvalue weighted by Crippen LogP contribution is 2.04. The molecule has 0 spiro atoms. The van der Waals surface area contributed by atoms with Crippen LogP contribution >= 0.6 is 0 Å². The molecule has 1 aromatic rings. The maximum absolute atomic E-state index is 12.1. The van der Waals surface area contributed by atoms with Crippen molar-refractivity contribution in [2.24, 2.45) is 0 Å². The maximum atomic E-state index is 12.1. The highest BCUT2D eigenvalue weighted by Gasteiger charge is 2.19. The molecule has 1 heterocycles. The van der Waals surface area contributed by atoms with E-state index in [1.807, 2.05) is 6.92 Å². The highest BCUT2D eigenvalue weighted by molar-refractivity contribution is 5.80. The molecule has 18 heavy (non-hydrogen) atoms. The lowest BCUT2D eigenvalue weighted by molar-refractivity contribution is -0.137. The first-order chi connectivity index (χ1) is 8.54. The van der Waals surface area contributed by atoms with E-state index >= 15 is 0 Å². The average molecular weight is 254 g/mol. The monoisotopic (exact) mass is 254 g/mol. The summed E-state index contributed by atoms with van der Waals surface area (Å²) in [6.45, 7) is 2.45. The van der Waals surface area contributed by atoms with Crippen LogP contribution in [-0.2, 0) is 11.3 Å². The number of aromatic amines is 1. The van der Waals surface area contributed by atoms with Gasteiger partial charge >= 0.3 is 12.0 Å². The van der Waals surface area contributed by atoms with E-state index in [1.54, 1.807) is 19.4 Å². The zero-order valence-electron chi connectivity index (χ0n) is 10.6. The smallest absolute Gasteiger partial charge is 0.323 e. The van der Waals surface area contributed by atoms with Gasteiger partial charge in [0.25, 0.3) is 0 Å². The topological polar surface area (TPSA) is 89.5 Å².